The second-order valence-electron chi connectivity index (χ2n) is 10.8. The fourth-order valence-electron chi connectivity index (χ4n) is 5.46. The van der Waals surface area contributed by atoms with Gasteiger partial charge in [-0.15, -0.1) is 0 Å². The molecule has 1 atom stereocenters. The molecule has 0 unspecified atom stereocenters. The summed E-state index contributed by atoms with van der Waals surface area (Å²) in [6.45, 7) is 2.09. The van der Waals surface area contributed by atoms with Crippen LogP contribution in [0.15, 0.2) is 47.5 Å². The number of aliphatic hydroxyl groups excluding tert-OH is 1. The second-order valence-corrected chi connectivity index (χ2v) is 13.3. The molecule has 0 spiro atoms. The summed E-state index contributed by atoms with van der Waals surface area (Å²) in [5.41, 5.74) is 0.648. The number of amides is 3. The first-order valence-electron chi connectivity index (χ1n) is 14.1. The van der Waals surface area contributed by atoms with Gasteiger partial charge in [0.2, 0.25) is 5.91 Å². The van der Waals surface area contributed by atoms with Crippen LogP contribution in [0.5, 0.6) is 0 Å². The van der Waals surface area contributed by atoms with Crippen molar-refractivity contribution in [1.29, 1.82) is 0 Å². The normalized spacial score (nSPS) is 16.2. The maximum absolute atomic E-state index is 13.3. The van der Waals surface area contributed by atoms with Gasteiger partial charge in [0.1, 0.15) is 12.7 Å². The number of ether oxygens (including phenoxy) is 1. The van der Waals surface area contributed by atoms with Crippen LogP contribution in [0.2, 0.25) is 5.02 Å². The SMILES string of the molecule is CC(=O)NCCC(=O)OCc1ncc2n1C(=O)N(C1CCN(C(=O)[C@H](O)CS(=O)(=O)c3ccc4cc(Cl)ccc4c3)CC1)C2. The van der Waals surface area contributed by atoms with E-state index in [1.807, 2.05) is 0 Å². The van der Waals surface area contributed by atoms with Crippen LogP contribution in [-0.4, -0.2) is 94.2 Å². The first kappa shape index (κ1) is 31.4. The van der Waals surface area contributed by atoms with Crippen LogP contribution in [0.4, 0.5) is 4.79 Å². The Bertz CT molecular complexity index is 1720. The lowest BCUT2D eigenvalue weighted by molar-refractivity contribution is -0.145. The molecule has 0 radical (unpaired) electrons. The zero-order valence-corrected chi connectivity index (χ0v) is 25.5. The van der Waals surface area contributed by atoms with E-state index in [1.54, 1.807) is 35.4 Å². The Morgan fingerprint density at radius 3 is 2.57 bits per heavy atom. The van der Waals surface area contributed by atoms with Crippen LogP contribution in [0.1, 0.15) is 37.7 Å². The minimum absolute atomic E-state index is 0.00273. The number of benzene rings is 2. The highest BCUT2D eigenvalue weighted by molar-refractivity contribution is 7.91. The highest BCUT2D eigenvalue weighted by atomic mass is 35.5. The van der Waals surface area contributed by atoms with Crippen LogP contribution in [0.25, 0.3) is 10.8 Å². The van der Waals surface area contributed by atoms with E-state index in [2.05, 4.69) is 10.3 Å². The quantitative estimate of drug-likeness (QED) is 0.313. The van der Waals surface area contributed by atoms with Crippen molar-refractivity contribution in [3.8, 4) is 0 Å². The largest absolute Gasteiger partial charge is 0.457 e. The number of halogens is 1. The van der Waals surface area contributed by atoms with Gasteiger partial charge in [-0.05, 0) is 47.9 Å². The zero-order valence-electron chi connectivity index (χ0n) is 23.9. The summed E-state index contributed by atoms with van der Waals surface area (Å²) < 4.78 is 32.7. The lowest BCUT2D eigenvalue weighted by atomic mass is 10.0. The number of esters is 1. The molecule has 5 rings (SSSR count). The maximum atomic E-state index is 13.3. The highest BCUT2D eigenvalue weighted by Crippen LogP contribution is 2.27. The number of nitrogens with zero attached hydrogens (tertiary/aromatic N) is 4. The standard InChI is InChI=1S/C29H32ClN5O8S/c1-18(36)31-9-6-27(38)43-16-26-32-14-23-15-34(29(40)35(23)26)22-7-10-33(11-8-22)28(39)25(37)17-44(41,42)24-5-3-19-12-21(30)4-2-20(19)13-24/h2-5,12-14,22,25,37H,6-11,15-17H2,1H3,(H,31,36)/t25-/m1/s1. The topological polar surface area (TPSA) is 168 Å². The van der Waals surface area contributed by atoms with Gasteiger partial charge in [-0.3, -0.25) is 14.4 Å². The Labute approximate surface area is 258 Å². The Hall–Kier alpha value is -4.01. The average Bonchev–Trinajstić information content (AvgIpc) is 3.54. The van der Waals surface area contributed by atoms with Crippen LogP contribution in [0, 0.1) is 0 Å². The summed E-state index contributed by atoms with van der Waals surface area (Å²) in [7, 11) is -3.96. The Balaban J connectivity index is 1.13. The molecule has 2 N–H and O–H groups in total. The molecular weight excluding hydrogens is 614 g/mol. The molecule has 0 saturated carbocycles. The van der Waals surface area contributed by atoms with Crippen molar-refractivity contribution in [3.63, 3.8) is 0 Å². The number of rotatable bonds is 10. The van der Waals surface area contributed by atoms with Gasteiger partial charge in [0, 0.05) is 37.6 Å². The number of hydrogen-bond donors (Lipinski definition) is 2. The molecular formula is C29H32ClN5O8S. The van der Waals surface area contributed by atoms with Gasteiger partial charge in [0.15, 0.2) is 15.7 Å². The predicted octanol–water partition coefficient (Wildman–Crippen LogP) is 1.87. The minimum atomic E-state index is -3.96. The molecule has 44 heavy (non-hydrogen) atoms. The van der Waals surface area contributed by atoms with E-state index >= 15 is 0 Å². The summed E-state index contributed by atoms with van der Waals surface area (Å²) >= 11 is 6.00. The van der Waals surface area contributed by atoms with Crippen molar-refractivity contribution < 1.29 is 37.4 Å². The summed E-state index contributed by atoms with van der Waals surface area (Å²) in [6, 6.07) is 9.13. The van der Waals surface area contributed by atoms with E-state index in [4.69, 9.17) is 16.3 Å². The third-order valence-corrected chi connectivity index (χ3v) is 9.72. The van der Waals surface area contributed by atoms with Crippen LogP contribution >= 0.6 is 11.6 Å². The zero-order chi connectivity index (χ0) is 31.6. The third-order valence-electron chi connectivity index (χ3n) is 7.75. The fraction of sp³-hybridized carbons (Fsp3) is 0.414. The molecule has 1 aromatic heterocycles. The van der Waals surface area contributed by atoms with E-state index < -0.39 is 33.6 Å². The van der Waals surface area contributed by atoms with Gasteiger partial charge in [-0.25, -0.2) is 22.8 Å². The van der Waals surface area contributed by atoms with Gasteiger partial charge in [-0.2, -0.15) is 0 Å². The molecule has 3 aromatic rings. The minimum Gasteiger partial charge on any atom is -0.457 e. The number of piperidine rings is 1. The smallest absolute Gasteiger partial charge is 0.330 e. The van der Waals surface area contributed by atoms with Gasteiger partial charge in [-0.1, -0.05) is 23.7 Å². The number of sulfone groups is 1. The molecule has 2 aliphatic rings. The Morgan fingerprint density at radius 1 is 1.14 bits per heavy atom. The molecule has 3 heterocycles. The number of fused-ring (bicyclic) bond motifs is 2. The van der Waals surface area contributed by atoms with Gasteiger partial charge in [0.25, 0.3) is 5.91 Å². The lowest BCUT2D eigenvalue weighted by Gasteiger charge is -2.37. The molecule has 0 aliphatic carbocycles. The molecule has 15 heteroatoms. The number of aliphatic hydroxyl groups is 1. The van der Waals surface area contributed by atoms with Crippen molar-refractivity contribution in [1.82, 2.24) is 24.7 Å². The van der Waals surface area contributed by atoms with Gasteiger partial charge in [0.05, 0.1) is 35.5 Å². The van der Waals surface area contributed by atoms with Crippen LogP contribution in [0.3, 0.4) is 0 Å². The number of hydrogen-bond acceptors (Lipinski definition) is 9. The van der Waals surface area contributed by atoms with Crippen molar-refractivity contribution in [3.05, 3.63) is 59.1 Å². The summed E-state index contributed by atoms with van der Waals surface area (Å²) in [5, 5.41) is 15.1. The first-order chi connectivity index (χ1) is 20.9. The van der Waals surface area contributed by atoms with Crippen molar-refractivity contribution in [2.45, 2.75) is 56.4 Å². The Kier molecular flexibility index (Phi) is 9.23. The van der Waals surface area contributed by atoms with Crippen molar-refractivity contribution in [2.24, 2.45) is 0 Å². The molecule has 1 saturated heterocycles. The van der Waals surface area contributed by atoms with Crippen LogP contribution < -0.4 is 5.32 Å². The number of imidazole rings is 1. The monoisotopic (exact) mass is 645 g/mol. The van der Waals surface area contributed by atoms with Crippen molar-refractivity contribution >= 4 is 56.0 Å². The molecule has 1 fully saturated rings. The number of aromatic nitrogens is 2. The molecule has 2 aromatic carbocycles. The van der Waals surface area contributed by atoms with Crippen molar-refractivity contribution in [2.75, 3.05) is 25.4 Å². The van der Waals surface area contributed by atoms with Gasteiger partial charge < -0.3 is 25.0 Å². The summed E-state index contributed by atoms with van der Waals surface area (Å²) in [5.74, 6) is -1.93. The van der Waals surface area contributed by atoms with E-state index in [-0.39, 0.29) is 61.4 Å². The number of carbonyl (C=O) groups is 4. The fourth-order valence-corrected chi connectivity index (χ4v) is 6.98. The second kappa shape index (κ2) is 12.9. The molecule has 234 valence electrons. The summed E-state index contributed by atoms with van der Waals surface area (Å²) in [6.07, 6.45) is 0.690. The molecule has 3 amide bonds. The van der Waals surface area contributed by atoms with E-state index in [9.17, 15) is 32.7 Å². The number of nitrogens with one attached hydrogen (secondary N) is 1. The molecule has 0 bridgehead atoms. The highest BCUT2D eigenvalue weighted by Gasteiger charge is 2.38. The Morgan fingerprint density at radius 2 is 1.84 bits per heavy atom. The molecule has 13 nitrogen and oxygen atoms in total. The van der Waals surface area contributed by atoms with Gasteiger partial charge >= 0.3 is 12.0 Å². The number of carbonyl (C=O) groups excluding carboxylic acids is 4. The first-order valence-corrected chi connectivity index (χ1v) is 16.1. The lowest BCUT2D eigenvalue weighted by Crippen LogP contribution is -2.50. The van der Waals surface area contributed by atoms with E-state index in [0.717, 1.165) is 5.39 Å². The number of likely N-dealkylation sites (tertiary alicyclic amines) is 1. The molecule has 2 aliphatic heterocycles. The third kappa shape index (κ3) is 6.87. The van der Waals surface area contributed by atoms with Crippen LogP contribution in [-0.2, 0) is 42.1 Å². The van der Waals surface area contributed by atoms with E-state index in [0.29, 0.717) is 35.5 Å². The average molecular weight is 646 g/mol. The van der Waals surface area contributed by atoms with E-state index in [1.165, 1.54) is 28.5 Å². The maximum Gasteiger partial charge on any atom is 0.330 e. The summed E-state index contributed by atoms with van der Waals surface area (Å²) in [4.78, 5) is 56.5. The predicted molar refractivity (Wildman–Crippen MR) is 158 cm³/mol.